The predicted octanol–water partition coefficient (Wildman–Crippen LogP) is 2.94. The lowest BCUT2D eigenvalue weighted by Gasteiger charge is -2.29. The molecule has 1 N–H and O–H groups in total. The van der Waals surface area contributed by atoms with Gasteiger partial charge in [0.15, 0.2) is 0 Å². The monoisotopic (exact) mass is 237 g/mol. The van der Waals surface area contributed by atoms with Gasteiger partial charge in [0.2, 0.25) is 5.92 Å². The molecule has 1 aromatic rings. The van der Waals surface area contributed by atoms with Crippen LogP contribution in [0.25, 0.3) is 0 Å². The second-order valence-corrected chi connectivity index (χ2v) is 4.29. The van der Waals surface area contributed by atoms with Gasteiger partial charge < -0.3 is 5.32 Å². The molecule has 2 rings (SSSR count). The van der Waals surface area contributed by atoms with E-state index in [4.69, 9.17) is 5.26 Å². The molecule has 0 radical (unpaired) electrons. The summed E-state index contributed by atoms with van der Waals surface area (Å²) >= 11 is 0. The highest BCUT2D eigenvalue weighted by atomic mass is 19.3. The molecule has 1 saturated carbocycles. The van der Waals surface area contributed by atoms with Crippen molar-refractivity contribution in [1.29, 1.82) is 5.26 Å². The number of aromatic nitrogens is 1. The topological polar surface area (TPSA) is 48.7 Å². The third-order valence-electron chi connectivity index (χ3n) is 2.99. The summed E-state index contributed by atoms with van der Waals surface area (Å²) in [5, 5.41) is 12.0. The van der Waals surface area contributed by atoms with Crippen molar-refractivity contribution in [3.05, 3.63) is 23.9 Å². The molecule has 0 aliphatic heterocycles. The van der Waals surface area contributed by atoms with Gasteiger partial charge in [-0.3, -0.25) is 0 Å². The molecule has 17 heavy (non-hydrogen) atoms. The second-order valence-electron chi connectivity index (χ2n) is 4.29. The molecule has 1 aliphatic rings. The van der Waals surface area contributed by atoms with Crippen LogP contribution in [0.5, 0.6) is 0 Å². The lowest BCUT2D eigenvalue weighted by molar-refractivity contribution is -0.0361. The molecule has 0 spiro atoms. The van der Waals surface area contributed by atoms with Crippen molar-refractivity contribution >= 4 is 5.82 Å². The van der Waals surface area contributed by atoms with Crippen LogP contribution in [0.2, 0.25) is 0 Å². The van der Waals surface area contributed by atoms with Gasteiger partial charge in [0.25, 0.3) is 0 Å². The molecule has 0 bridgehead atoms. The maximum Gasteiger partial charge on any atom is 0.248 e. The molecular weight excluding hydrogens is 224 g/mol. The average molecular weight is 237 g/mol. The van der Waals surface area contributed by atoms with Gasteiger partial charge in [0.1, 0.15) is 11.9 Å². The third-order valence-corrected chi connectivity index (χ3v) is 2.99. The van der Waals surface area contributed by atoms with E-state index in [1.54, 1.807) is 18.3 Å². The molecule has 1 heterocycles. The Labute approximate surface area is 98.5 Å². The van der Waals surface area contributed by atoms with Crippen LogP contribution in [0.4, 0.5) is 14.6 Å². The van der Waals surface area contributed by atoms with Gasteiger partial charge in [-0.15, -0.1) is 0 Å². The minimum atomic E-state index is -2.53. The molecule has 1 fully saturated rings. The van der Waals surface area contributed by atoms with E-state index in [0.717, 1.165) is 0 Å². The second kappa shape index (κ2) is 4.66. The van der Waals surface area contributed by atoms with Gasteiger partial charge in [0, 0.05) is 25.1 Å². The van der Waals surface area contributed by atoms with E-state index in [1.807, 2.05) is 6.07 Å². The van der Waals surface area contributed by atoms with Gasteiger partial charge in [0.05, 0.1) is 5.56 Å². The Morgan fingerprint density at radius 3 is 2.76 bits per heavy atom. The molecule has 0 unspecified atom stereocenters. The number of rotatable bonds is 2. The number of hydrogen-bond acceptors (Lipinski definition) is 3. The Morgan fingerprint density at radius 2 is 2.12 bits per heavy atom. The molecule has 0 amide bonds. The standard InChI is InChI=1S/C12H13F2N3/c13-12(14)5-3-10(4-6-12)17-11-9(8-15)2-1-7-16-11/h1-2,7,10H,3-6H2,(H,16,17). The normalized spacial score (nSPS) is 19.6. The van der Waals surface area contributed by atoms with E-state index in [2.05, 4.69) is 10.3 Å². The largest absolute Gasteiger partial charge is 0.366 e. The van der Waals surface area contributed by atoms with E-state index >= 15 is 0 Å². The van der Waals surface area contributed by atoms with E-state index < -0.39 is 5.92 Å². The number of pyridine rings is 1. The Morgan fingerprint density at radius 1 is 1.41 bits per heavy atom. The van der Waals surface area contributed by atoms with Gasteiger partial charge in [-0.1, -0.05) is 0 Å². The zero-order valence-electron chi connectivity index (χ0n) is 9.29. The van der Waals surface area contributed by atoms with Crippen molar-refractivity contribution in [2.24, 2.45) is 0 Å². The van der Waals surface area contributed by atoms with Crippen LogP contribution < -0.4 is 5.32 Å². The Hall–Kier alpha value is -1.70. The summed E-state index contributed by atoms with van der Waals surface area (Å²) in [4.78, 5) is 4.06. The van der Waals surface area contributed by atoms with Crippen LogP contribution in [0.3, 0.4) is 0 Å². The SMILES string of the molecule is N#Cc1cccnc1NC1CCC(F)(F)CC1. The fraction of sp³-hybridized carbons (Fsp3) is 0.500. The number of alkyl halides is 2. The van der Waals surface area contributed by atoms with Gasteiger partial charge in [-0.05, 0) is 25.0 Å². The lowest BCUT2D eigenvalue weighted by atomic mass is 9.92. The van der Waals surface area contributed by atoms with Crippen molar-refractivity contribution in [3.63, 3.8) is 0 Å². The van der Waals surface area contributed by atoms with Crippen molar-refractivity contribution < 1.29 is 8.78 Å². The summed E-state index contributed by atoms with van der Waals surface area (Å²) in [6.45, 7) is 0. The number of hydrogen-bond donors (Lipinski definition) is 1. The first-order chi connectivity index (χ1) is 8.11. The molecule has 0 aromatic carbocycles. The van der Waals surface area contributed by atoms with Crippen molar-refractivity contribution in [3.8, 4) is 6.07 Å². The van der Waals surface area contributed by atoms with E-state index in [-0.39, 0.29) is 18.9 Å². The first kappa shape index (κ1) is 11.8. The average Bonchev–Trinajstić information content (AvgIpc) is 2.32. The molecule has 5 heteroatoms. The lowest BCUT2D eigenvalue weighted by Crippen LogP contribution is -2.32. The number of nitriles is 1. The van der Waals surface area contributed by atoms with Gasteiger partial charge in [-0.25, -0.2) is 13.8 Å². The summed E-state index contributed by atoms with van der Waals surface area (Å²) in [7, 11) is 0. The highest BCUT2D eigenvalue weighted by Crippen LogP contribution is 2.34. The summed E-state index contributed by atoms with van der Waals surface area (Å²) in [6, 6.07) is 5.35. The van der Waals surface area contributed by atoms with Crippen molar-refractivity contribution in [1.82, 2.24) is 4.98 Å². The van der Waals surface area contributed by atoms with Crippen LogP contribution in [0.15, 0.2) is 18.3 Å². The summed E-state index contributed by atoms with van der Waals surface area (Å²) in [6.07, 6.45) is 2.21. The molecule has 1 aromatic heterocycles. The summed E-state index contributed by atoms with van der Waals surface area (Å²) in [5.74, 6) is -2.04. The highest BCUT2D eigenvalue weighted by Gasteiger charge is 2.35. The van der Waals surface area contributed by atoms with Crippen LogP contribution in [-0.4, -0.2) is 16.9 Å². The summed E-state index contributed by atoms with van der Waals surface area (Å²) in [5.41, 5.74) is 0.449. The number of anilines is 1. The van der Waals surface area contributed by atoms with Gasteiger partial charge >= 0.3 is 0 Å². The quantitative estimate of drug-likeness (QED) is 0.860. The predicted molar refractivity (Wildman–Crippen MR) is 59.8 cm³/mol. The zero-order chi connectivity index (χ0) is 12.3. The zero-order valence-corrected chi connectivity index (χ0v) is 9.29. The Bertz CT molecular complexity index is 430. The smallest absolute Gasteiger partial charge is 0.248 e. The molecule has 1 aliphatic carbocycles. The first-order valence-electron chi connectivity index (χ1n) is 5.60. The Balaban J connectivity index is 2.01. The number of nitrogens with one attached hydrogen (secondary N) is 1. The van der Waals surface area contributed by atoms with Crippen molar-refractivity contribution in [2.75, 3.05) is 5.32 Å². The minimum Gasteiger partial charge on any atom is -0.366 e. The fourth-order valence-corrected chi connectivity index (χ4v) is 1.99. The van der Waals surface area contributed by atoms with Gasteiger partial charge in [-0.2, -0.15) is 5.26 Å². The van der Waals surface area contributed by atoms with Crippen LogP contribution in [0, 0.1) is 11.3 Å². The van der Waals surface area contributed by atoms with Crippen LogP contribution in [-0.2, 0) is 0 Å². The number of halogens is 2. The molecule has 0 saturated heterocycles. The molecule has 3 nitrogen and oxygen atoms in total. The number of nitrogens with zero attached hydrogens (tertiary/aromatic N) is 2. The maximum atomic E-state index is 13.0. The molecule has 90 valence electrons. The summed E-state index contributed by atoms with van der Waals surface area (Å²) < 4.78 is 25.9. The minimum absolute atomic E-state index is 0.0170. The Kier molecular flexibility index (Phi) is 3.23. The molecular formula is C12H13F2N3. The molecule has 0 atom stereocenters. The maximum absolute atomic E-state index is 13.0. The van der Waals surface area contributed by atoms with E-state index in [0.29, 0.717) is 24.2 Å². The van der Waals surface area contributed by atoms with Crippen LogP contribution >= 0.6 is 0 Å². The van der Waals surface area contributed by atoms with Crippen molar-refractivity contribution in [2.45, 2.75) is 37.6 Å². The van der Waals surface area contributed by atoms with E-state index in [1.165, 1.54) is 0 Å². The third kappa shape index (κ3) is 2.90. The van der Waals surface area contributed by atoms with Crippen LogP contribution in [0.1, 0.15) is 31.2 Å². The fourth-order valence-electron chi connectivity index (χ4n) is 1.99. The first-order valence-corrected chi connectivity index (χ1v) is 5.60. The highest BCUT2D eigenvalue weighted by molar-refractivity contribution is 5.51. The van der Waals surface area contributed by atoms with E-state index in [9.17, 15) is 8.78 Å².